The van der Waals surface area contributed by atoms with Crippen LogP contribution in [0.4, 0.5) is 8.78 Å². The summed E-state index contributed by atoms with van der Waals surface area (Å²) in [4.78, 5) is 22.0. The molecule has 0 saturated carbocycles. The van der Waals surface area contributed by atoms with Gasteiger partial charge in [0, 0.05) is 5.56 Å². The highest BCUT2D eigenvalue weighted by atomic mass is 19.2. The second kappa shape index (κ2) is 5.49. The highest BCUT2D eigenvalue weighted by Crippen LogP contribution is 2.10. The molecule has 1 atom stereocenters. The fourth-order valence-electron chi connectivity index (χ4n) is 1.23. The van der Waals surface area contributed by atoms with E-state index in [9.17, 15) is 18.4 Å². The largest absolute Gasteiger partial charge is 0.480 e. The van der Waals surface area contributed by atoms with Gasteiger partial charge in [-0.1, -0.05) is 0 Å². The summed E-state index contributed by atoms with van der Waals surface area (Å²) < 4.78 is 25.5. The van der Waals surface area contributed by atoms with Crippen LogP contribution in [-0.4, -0.2) is 29.4 Å². The van der Waals surface area contributed by atoms with Gasteiger partial charge >= 0.3 is 5.97 Å². The molecule has 1 aromatic carbocycles. The lowest BCUT2D eigenvalue weighted by Crippen LogP contribution is -2.37. The third-order valence-electron chi connectivity index (χ3n) is 2.16. The Hall–Kier alpha value is -1.82. The van der Waals surface area contributed by atoms with E-state index in [2.05, 4.69) is 5.32 Å². The molecule has 0 amide bonds. The highest BCUT2D eigenvalue weighted by Gasteiger charge is 2.17. The van der Waals surface area contributed by atoms with Crippen LogP contribution in [0.15, 0.2) is 18.2 Å². The lowest BCUT2D eigenvalue weighted by molar-refractivity contribution is -0.136. The van der Waals surface area contributed by atoms with Crippen molar-refractivity contribution in [2.75, 3.05) is 6.54 Å². The second-order valence-electron chi connectivity index (χ2n) is 3.49. The molecular weight excluding hydrogens is 232 g/mol. The molecular formula is C11H11F2NO3. The molecule has 0 spiro atoms. The molecule has 6 heteroatoms. The Balaban J connectivity index is 2.74. The summed E-state index contributed by atoms with van der Waals surface area (Å²) >= 11 is 0. The number of benzene rings is 1. The Morgan fingerprint density at radius 2 is 2.00 bits per heavy atom. The molecule has 0 heterocycles. The lowest BCUT2D eigenvalue weighted by atomic mass is 10.1. The van der Waals surface area contributed by atoms with Crippen LogP contribution in [0, 0.1) is 11.6 Å². The van der Waals surface area contributed by atoms with Gasteiger partial charge < -0.3 is 5.11 Å². The van der Waals surface area contributed by atoms with Gasteiger partial charge in [0.1, 0.15) is 0 Å². The van der Waals surface area contributed by atoms with Crippen LogP contribution < -0.4 is 5.32 Å². The molecule has 1 aromatic rings. The summed E-state index contributed by atoms with van der Waals surface area (Å²) in [5.41, 5.74) is -0.00529. The van der Waals surface area contributed by atoms with Crippen molar-refractivity contribution in [3.8, 4) is 0 Å². The number of aliphatic carboxylic acids is 1. The summed E-state index contributed by atoms with van der Waals surface area (Å²) in [5.74, 6) is -3.74. The molecule has 2 N–H and O–H groups in total. The molecule has 92 valence electrons. The molecule has 0 aliphatic carbocycles. The zero-order valence-corrected chi connectivity index (χ0v) is 9.04. The Kier molecular flexibility index (Phi) is 4.28. The Bertz CT molecular complexity index is 448. The van der Waals surface area contributed by atoms with Crippen LogP contribution in [0.1, 0.15) is 17.3 Å². The predicted molar refractivity (Wildman–Crippen MR) is 55.8 cm³/mol. The average Bonchev–Trinajstić information content (AvgIpc) is 2.28. The minimum absolute atomic E-state index is 0.00529. The van der Waals surface area contributed by atoms with Gasteiger partial charge in [0.25, 0.3) is 0 Å². The van der Waals surface area contributed by atoms with E-state index in [0.717, 1.165) is 18.2 Å². The van der Waals surface area contributed by atoms with E-state index in [1.165, 1.54) is 6.92 Å². The molecule has 0 aliphatic rings. The third-order valence-corrected chi connectivity index (χ3v) is 2.16. The van der Waals surface area contributed by atoms with Crippen LogP contribution in [0.2, 0.25) is 0 Å². The smallest absolute Gasteiger partial charge is 0.317 e. The number of ketones is 1. The van der Waals surface area contributed by atoms with Gasteiger partial charge in [-0.15, -0.1) is 0 Å². The first kappa shape index (κ1) is 13.2. The molecule has 0 aromatic heterocycles. The highest BCUT2D eigenvalue weighted by molar-refractivity contribution is 6.00. The number of rotatable bonds is 5. The summed E-state index contributed by atoms with van der Waals surface area (Å²) in [7, 11) is 0. The van der Waals surface area contributed by atoms with Crippen molar-refractivity contribution in [1.82, 2.24) is 5.32 Å². The first-order valence-corrected chi connectivity index (χ1v) is 4.86. The van der Waals surface area contributed by atoms with Crippen LogP contribution in [0.3, 0.4) is 0 Å². The number of hydrogen-bond acceptors (Lipinski definition) is 3. The molecule has 0 radical (unpaired) electrons. The van der Waals surface area contributed by atoms with Gasteiger partial charge in [-0.3, -0.25) is 14.9 Å². The topological polar surface area (TPSA) is 66.4 Å². The number of carbonyl (C=O) groups is 2. The van der Waals surface area contributed by atoms with Gasteiger partial charge in [-0.05, 0) is 25.1 Å². The molecule has 17 heavy (non-hydrogen) atoms. The quantitative estimate of drug-likeness (QED) is 0.763. The van der Waals surface area contributed by atoms with Crippen molar-refractivity contribution in [3.63, 3.8) is 0 Å². The van der Waals surface area contributed by atoms with Gasteiger partial charge in [0.05, 0.1) is 12.6 Å². The van der Waals surface area contributed by atoms with E-state index in [4.69, 9.17) is 5.11 Å². The van der Waals surface area contributed by atoms with Crippen LogP contribution >= 0.6 is 0 Å². The fourth-order valence-corrected chi connectivity index (χ4v) is 1.23. The minimum Gasteiger partial charge on any atom is -0.480 e. The van der Waals surface area contributed by atoms with E-state index in [1.807, 2.05) is 0 Å². The fraction of sp³-hybridized carbons (Fsp3) is 0.273. The number of hydrogen-bond donors (Lipinski definition) is 2. The first-order valence-electron chi connectivity index (χ1n) is 4.86. The number of Topliss-reactive ketones (excluding diaryl/α,β-unsaturated/α-hetero) is 1. The Morgan fingerprint density at radius 1 is 1.35 bits per heavy atom. The van der Waals surface area contributed by atoms with Crippen molar-refractivity contribution in [1.29, 1.82) is 0 Å². The maximum absolute atomic E-state index is 12.9. The molecule has 1 unspecified atom stereocenters. The molecule has 4 nitrogen and oxygen atoms in total. The number of halogens is 2. The summed E-state index contributed by atoms with van der Waals surface area (Å²) in [6, 6.07) is 2.01. The molecule has 1 rings (SSSR count). The maximum Gasteiger partial charge on any atom is 0.317 e. The predicted octanol–water partition coefficient (Wildman–Crippen LogP) is 1.21. The summed E-state index contributed by atoms with van der Waals surface area (Å²) in [6.07, 6.45) is 0. The van der Waals surface area contributed by atoms with E-state index in [1.54, 1.807) is 0 Å². The maximum atomic E-state index is 12.9. The van der Waals surface area contributed by atoms with Crippen molar-refractivity contribution in [3.05, 3.63) is 35.4 Å². The van der Waals surface area contributed by atoms with E-state index >= 15 is 0 Å². The normalized spacial score (nSPS) is 12.2. The van der Waals surface area contributed by atoms with Gasteiger partial charge in [-0.25, -0.2) is 8.78 Å². The molecule has 0 bridgehead atoms. The third kappa shape index (κ3) is 3.60. The van der Waals surface area contributed by atoms with Crippen molar-refractivity contribution in [2.24, 2.45) is 0 Å². The summed E-state index contributed by atoms with van der Waals surface area (Å²) in [5, 5.41) is 10.9. The number of carboxylic acid groups (broad SMARTS) is 1. The standard InChI is InChI=1S/C11H11F2NO3/c1-6(14-5-10(15)16)11(17)7-2-3-8(12)9(13)4-7/h2-4,6,14H,5H2,1H3,(H,15,16). The SMILES string of the molecule is CC(NCC(=O)O)C(=O)c1ccc(F)c(F)c1. The van der Waals surface area contributed by atoms with Gasteiger partial charge in [-0.2, -0.15) is 0 Å². The lowest BCUT2D eigenvalue weighted by Gasteiger charge is -2.11. The van der Waals surface area contributed by atoms with Crippen LogP contribution in [0.5, 0.6) is 0 Å². The van der Waals surface area contributed by atoms with Crippen molar-refractivity contribution >= 4 is 11.8 Å². The summed E-state index contributed by atoms with van der Waals surface area (Å²) in [6.45, 7) is 1.07. The van der Waals surface area contributed by atoms with Crippen LogP contribution in [0.25, 0.3) is 0 Å². The van der Waals surface area contributed by atoms with Gasteiger partial charge in [0.15, 0.2) is 17.4 Å². The Labute approximate surface area is 96.3 Å². The number of nitrogens with one attached hydrogen (secondary N) is 1. The second-order valence-corrected chi connectivity index (χ2v) is 3.49. The molecule has 0 saturated heterocycles. The Morgan fingerprint density at radius 3 is 2.53 bits per heavy atom. The van der Waals surface area contributed by atoms with E-state index in [-0.39, 0.29) is 12.1 Å². The molecule has 0 fully saturated rings. The van der Waals surface area contributed by atoms with Crippen LogP contribution in [-0.2, 0) is 4.79 Å². The molecule has 0 aliphatic heterocycles. The van der Waals surface area contributed by atoms with E-state index < -0.39 is 29.4 Å². The number of carboxylic acids is 1. The van der Waals surface area contributed by atoms with Crippen molar-refractivity contribution in [2.45, 2.75) is 13.0 Å². The first-order chi connectivity index (χ1) is 7.91. The van der Waals surface area contributed by atoms with E-state index in [0.29, 0.717) is 0 Å². The number of carbonyl (C=O) groups excluding carboxylic acids is 1. The minimum atomic E-state index is -1.11. The van der Waals surface area contributed by atoms with Crippen molar-refractivity contribution < 1.29 is 23.5 Å². The zero-order valence-electron chi connectivity index (χ0n) is 9.04. The monoisotopic (exact) mass is 243 g/mol. The zero-order chi connectivity index (χ0) is 13.0. The van der Waals surface area contributed by atoms with Gasteiger partial charge in [0.2, 0.25) is 0 Å². The average molecular weight is 243 g/mol.